The summed E-state index contributed by atoms with van der Waals surface area (Å²) in [6, 6.07) is 0.523. The van der Waals surface area contributed by atoms with Crippen LogP contribution in [0.15, 0.2) is 0 Å². The molecule has 0 aromatic rings. The van der Waals surface area contributed by atoms with Gasteiger partial charge >= 0.3 is 0 Å². The van der Waals surface area contributed by atoms with Crippen molar-refractivity contribution in [1.82, 2.24) is 10.2 Å². The highest BCUT2D eigenvalue weighted by Gasteiger charge is 2.31. The van der Waals surface area contributed by atoms with Gasteiger partial charge in [-0.25, -0.2) is 0 Å². The molecule has 0 bridgehead atoms. The van der Waals surface area contributed by atoms with E-state index in [-0.39, 0.29) is 11.8 Å². The summed E-state index contributed by atoms with van der Waals surface area (Å²) in [6.45, 7) is 6.60. The summed E-state index contributed by atoms with van der Waals surface area (Å²) in [7, 11) is 2.08. The molecule has 0 saturated heterocycles. The Hall–Kier alpha value is -0.610. The molecule has 0 aliphatic heterocycles. The number of carbonyl (C=O) groups excluding carboxylic acids is 1. The lowest BCUT2D eigenvalue weighted by molar-refractivity contribution is -0.126. The van der Waals surface area contributed by atoms with Crippen LogP contribution in [0, 0.1) is 11.8 Å². The van der Waals surface area contributed by atoms with Crippen LogP contribution < -0.4 is 11.1 Å². The van der Waals surface area contributed by atoms with Gasteiger partial charge < -0.3 is 16.0 Å². The molecule has 3 N–H and O–H groups in total. The van der Waals surface area contributed by atoms with Gasteiger partial charge in [0.25, 0.3) is 0 Å². The molecule has 17 heavy (non-hydrogen) atoms. The molecule has 0 unspecified atom stereocenters. The summed E-state index contributed by atoms with van der Waals surface area (Å²) in [5.41, 5.74) is 5.69. The molecular formula is C13H27N3O. The molecule has 0 radical (unpaired) electrons. The van der Waals surface area contributed by atoms with E-state index in [4.69, 9.17) is 5.73 Å². The van der Waals surface area contributed by atoms with Crippen LogP contribution in [0.2, 0.25) is 0 Å². The molecule has 4 nitrogen and oxygen atoms in total. The van der Waals surface area contributed by atoms with Gasteiger partial charge in [0, 0.05) is 25.0 Å². The van der Waals surface area contributed by atoms with Crippen LogP contribution >= 0.6 is 0 Å². The molecule has 2 atom stereocenters. The predicted molar refractivity (Wildman–Crippen MR) is 70.7 cm³/mol. The van der Waals surface area contributed by atoms with Crippen molar-refractivity contribution in [1.29, 1.82) is 0 Å². The smallest absolute Gasteiger partial charge is 0.223 e. The lowest BCUT2D eigenvalue weighted by Crippen LogP contribution is -2.40. The lowest BCUT2D eigenvalue weighted by Gasteiger charge is -2.22. The Balaban J connectivity index is 2.25. The summed E-state index contributed by atoms with van der Waals surface area (Å²) in [5.74, 6) is 0.761. The minimum absolute atomic E-state index is 0.157. The number of rotatable bonds is 6. The van der Waals surface area contributed by atoms with E-state index in [1.54, 1.807) is 0 Å². The summed E-state index contributed by atoms with van der Waals surface area (Å²) in [5, 5.41) is 3.04. The predicted octanol–water partition coefficient (Wildman–Crippen LogP) is 0.818. The number of nitrogens with zero attached hydrogens (tertiary/aromatic N) is 1. The molecule has 0 spiro atoms. The van der Waals surface area contributed by atoms with Crippen LogP contribution in [0.25, 0.3) is 0 Å². The SMILES string of the molecule is CC(C)N(C)CCNC(=O)[C@@H]1CCC[C@@H]1CN. The Kier molecular flexibility index (Phi) is 5.92. The molecular weight excluding hydrogens is 214 g/mol. The lowest BCUT2D eigenvalue weighted by atomic mass is 9.95. The highest BCUT2D eigenvalue weighted by Crippen LogP contribution is 2.30. The van der Waals surface area contributed by atoms with E-state index >= 15 is 0 Å². The molecule has 1 aliphatic carbocycles. The number of amides is 1. The van der Waals surface area contributed by atoms with Crippen LogP contribution in [-0.4, -0.2) is 43.5 Å². The molecule has 1 saturated carbocycles. The fourth-order valence-electron chi connectivity index (χ4n) is 2.41. The second-order valence-corrected chi connectivity index (χ2v) is 5.40. The second-order valence-electron chi connectivity index (χ2n) is 5.40. The molecule has 1 rings (SSSR count). The van der Waals surface area contributed by atoms with Crippen LogP contribution in [0.1, 0.15) is 33.1 Å². The molecule has 0 aromatic carbocycles. The summed E-state index contributed by atoms with van der Waals surface area (Å²) >= 11 is 0. The highest BCUT2D eigenvalue weighted by molar-refractivity contribution is 5.79. The first-order chi connectivity index (χ1) is 8.06. The number of nitrogens with two attached hydrogens (primary N) is 1. The van der Waals surface area contributed by atoms with E-state index < -0.39 is 0 Å². The molecule has 100 valence electrons. The van der Waals surface area contributed by atoms with Crippen LogP contribution in [0.3, 0.4) is 0 Å². The van der Waals surface area contributed by atoms with E-state index in [1.165, 1.54) is 0 Å². The van der Waals surface area contributed by atoms with Gasteiger partial charge in [0.15, 0.2) is 0 Å². The molecule has 1 amide bonds. The van der Waals surface area contributed by atoms with Gasteiger partial charge in [-0.05, 0) is 46.2 Å². The fourth-order valence-corrected chi connectivity index (χ4v) is 2.41. The summed E-state index contributed by atoms with van der Waals surface area (Å²) in [6.07, 6.45) is 3.26. The van der Waals surface area contributed by atoms with Gasteiger partial charge in [-0.15, -0.1) is 0 Å². The maximum atomic E-state index is 12.0. The first-order valence-electron chi connectivity index (χ1n) is 6.74. The third-order valence-corrected chi connectivity index (χ3v) is 3.94. The van der Waals surface area contributed by atoms with Crippen molar-refractivity contribution in [2.24, 2.45) is 17.6 Å². The monoisotopic (exact) mass is 241 g/mol. The van der Waals surface area contributed by atoms with E-state index in [0.717, 1.165) is 32.4 Å². The quantitative estimate of drug-likeness (QED) is 0.724. The van der Waals surface area contributed by atoms with Gasteiger partial charge in [0.05, 0.1) is 0 Å². The van der Waals surface area contributed by atoms with E-state index in [2.05, 4.69) is 31.1 Å². The Morgan fingerprint density at radius 1 is 1.47 bits per heavy atom. The van der Waals surface area contributed by atoms with E-state index in [0.29, 0.717) is 18.5 Å². The van der Waals surface area contributed by atoms with Gasteiger partial charge in [-0.1, -0.05) is 6.42 Å². The van der Waals surface area contributed by atoms with Crippen molar-refractivity contribution in [2.45, 2.75) is 39.2 Å². The molecule has 0 aromatic heterocycles. The number of hydrogen-bond donors (Lipinski definition) is 2. The zero-order valence-corrected chi connectivity index (χ0v) is 11.4. The summed E-state index contributed by atoms with van der Waals surface area (Å²) in [4.78, 5) is 14.2. The Morgan fingerprint density at radius 3 is 2.76 bits per heavy atom. The van der Waals surface area contributed by atoms with Crippen molar-refractivity contribution in [3.8, 4) is 0 Å². The van der Waals surface area contributed by atoms with E-state index in [9.17, 15) is 4.79 Å². The zero-order valence-electron chi connectivity index (χ0n) is 11.4. The van der Waals surface area contributed by atoms with Crippen molar-refractivity contribution in [2.75, 3.05) is 26.7 Å². The Bertz CT molecular complexity index is 243. The van der Waals surface area contributed by atoms with E-state index in [1.807, 2.05) is 0 Å². The molecule has 1 fully saturated rings. The third kappa shape index (κ3) is 4.28. The third-order valence-electron chi connectivity index (χ3n) is 3.94. The molecule has 4 heteroatoms. The van der Waals surface area contributed by atoms with Gasteiger partial charge in [0.2, 0.25) is 5.91 Å². The first kappa shape index (κ1) is 14.5. The summed E-state index contributed by atoms with van der Waals surface area (Å²) < 4.78 is 0. The van der Waals surface area contributed by atoms with Gasteiger partial charge in [-0.3, -0.25) is 4.79 Å². The Morgan fingerprint density at radius 2 is 2.18 bits per heavy atom. The number of carbonyl (C=O) groups is 1. The molecule has 1 aliphatic rings. The van der Waals surface area contributed by atoms with Crippen molar-refractivity contribution >= 4 is 5.91 Å². The largest absolute Gasteiger partial charge is 0.355 e. The van der Waals surface area contributed by atoms with Gasteiger partial charge in [-0.2, -0.15) is 0 Å². The standard InChI is InChI=1S/C13H27N3O/c1-10(2)16(3)8-7-15-13(17)12-6-4-5-11(12)9-14/h10-12H,4-9,14H2,1-3H3,(H,15,17)/t11-,12-/m1/s1. The normalized spacial score (nSPS) is 24.6. The number of nitrogens with one attached hydrogen (secondary N) is 1. The average molecular weight is 241 g/mol. The van der Waals surface area contributed by atoms with Crippen LogP contribution in [0.5, 0.6) is 0 Å². The highest BCUT2D eigenvalue weighted by atomic mass is 16.1. The van der Waals surface area contributed by atoms with Crippen LogP contribution in [-0.2, 0) is 4.79 Å². The fraction of sp³-hybridized carbons (Fsp3) is 0.923. The maximum absolute atomic E-state index is 12.0. The number of likely N-dealkylation sites (N-methyl/N-ethyl adjacent to an activating group) is 1. The average Bonchev–Trinajstić information content (AvgIpc) is 2.76. The Labute approximate surface area is 105 Å². The van der Waals surface area contributed by atoms with Crippen molar-refractivity contribution in [3.63, 3.8) is 0 Å². The first-order valence-corrected chi connectivity index (χ1v) is 6.74. The van der Waals surface area contributed by atoms with Crippen molar-refractivity contribution < 1.29 is 4.79 Å². The van der Waals surface area contributed by atoms with Gasteiger partial charge in [0.1, 0.15) is 0 Å². The minimum Gasteiger partial charge on any atom is -0.355 e. The zero-order chi connectivity index (χ0) is 12.8. The second kappa shape index (κ2) is 6.97. The molecule has 0 heterocycles. The topological polar surface area (TPSA) is 58.4 Å². The minimum atomic E-state index is 0.157. The maximum Gasteiger partial charge on any atom is 0.223 e. The van der Waals surface area contributed by atoms with Crippen LogP contribution in [0.4, 0.5) is 0 Å². The van der Waals surface area contributed by atoms with Crippen molar-refractivity contribution in [3.05, 3.63) is 0 Å². The number of hydrogen-bond acceptors (Lipinski definition) is 3.